The standard InChI is InChI=1S/C18H28O3/c1-2-3-4-11-14-17(19)15-12-9-7-5-6-8-10-13-16-18(20)21/h3-6,9,11-12,14,17,19H,2,7-8,10,13,15-16H2,1H3,(H,20,21)/b4-3+,6-5-,12-9+,14-11+. The van der Waals surface area contributed by atoms with Crippen LogP contribution in [-0.4, -0.2) is 22.3 Å². The number of aliphatic carboxylic acids is 1. The van der Waals surface area contributed by atoms with Gasteiger partial charge in [0.15, 0.2) is 0 Å². The molecule has 0 radical (unpaired) electrons. The number of allylic oxidation sites excluding steroid dienone is 6. The number of rotatable bonds is 12. The fourth-order valence-corrected chi connectivity index (χ4v) is 1.65. The smallest absolute Gasteiger partial charge is 0.303 e. The fraction of sp³-hybridized carbons (Fsp3) is 0.500. The average Bonchev–Trinajstić information content (AvgIpc) is 2.45. The molecule has 2 N–H and O–H groups in total. The van der Waals surface area contributed by atoms with E-state index in [1.807, 2.05) is 30.4 Å². The molecule has 0 aliphatic carbocycles. The molecule has 0 fully saturated rings. The largest absolute Gasteiger partial charge is 0.481 e. The Kier molecular flexibility index (Phi) is 13.7. The Morgan fingerprint density at radius 2 is 1.81 bits per heavy atom. The predicted octanol–water partition coefficient (Wildman–Crippen LogP) is 4.41. The number of aliphatic hydroxyl groups is 1. The third-order valence-electron chi connectivity index (χ3n) is 2.81. The normalized spacial score (nSPS) is 14.0. The molecule has 0 aliphatic rings. The van der Waals surface area contributed by atoms with E-state index in [9.17, 15) is 9.90 Å². The van der Waals surface area contributed by atoms with Gasteiger partial charge in [-0.1, -0.05) is 55.5 Å². The van der Waals surface area contributed by atoms with Crippen molar-refractivity contribution in [3.05, 3.63) is 48.6 Å². The van der Waals surface area contributed by atoms with E-state index in [-0.39, 0.29) is 6.42 Å². The summed E-state index contributed by atoms with van der Waals surface area (Å²) in [4.78, 5) is 10.3. The third-order valence-corrected chi connectivity index (χ3v) is 2.81. The first-order chi connectivity index (χ1) is 10.2. The van der Waals surface area contributed by atoms with Crippen LogP contribution in [0.25, 0.3) is 0 Å². The van der Waals surface area contributed by atoms with E-state index in [1.54, 1.807) is 6.08 Å². The summed E-state index contributed by atoms with van der Waals surface area (Å²) in [7, 11) is 0. The lowest BCUT2D eigenvalue weighted by molar-refractivity contribution is -0.137. The molecular weight excluding hydrogens is 264 g/mol. The summed E-state index contributed by atoms with van der Waals surface area (Å²) in [6, 6.07) is 0. The highest BCUT2D eigenvalue weighted by Gasteiger charge is 1.94. The van der Waals surface area contributed by atoms with E-state index in [0.29, 0.717) is 6.42 Å². The Morgan fingerprint density at radius 3 is 2.52 bits per heavy atom. The van der Waals surface area contributed by atoms with Crippen LogP contribution in [0.2, 0.25) is 0 Å². The Hall–Kier alpha value is -1.61. The van der Waals surface area contributed by atoms with Crippen LogP contribution in [0.5, 0.6) is 0 Å². The first-order valence-electron chi connectivity index (χ1n) is 7.70. The van der Waals surface area contributed by atoms with Crippen molar-refractivity contribution in [2.24, 2.45) is 0 Å². The molecule has 0 heterocycles. The van der Waals surface area contributed by atoms with Crippen molar-refractivity contribution in [3.8, 4) is 0 Å². The summed E-state index contributed by atoms with van der Waals surface area (Å²) in [5, 5.41) is 18.1. The maximum Gasteiger partial charge on any atom is 0.303 e. The molecule has 0 bridgehead atoms. The first-order valence-corrected chi connectivity index (χ1v) is 7.70. The summed E-state index contributed by atoms with van der Waals surface area (Å²) in [5.41, 5.74) is 0. The minimum absolute atomic E-state index is 0.257. The highest BCUT2D eigenvalue weighted by molar-refractivity contribution is 5.66. The molecule has 0 aromatic carbocycles. The Labute approximate surface area is 128 Å². The summed E-state index contributed by atoms with van der Waals surface area (Å²) in [5.74, 6) is -0.722. The molecule has 0 saturated heterocycles. The van der Waals surface area contributed by atoms with Crippen molar-refractivity contribution in [3.63, 3.8) is 0 Å². The van der Waals surface area contributed by atoms with Crippen LogP contribution >= 0.6 is 0 Å². The van der Waals surface area contributed by atoms with E-state index in [4.69, 9.17) is 5.11 Å². The molecule has 0 rings (SSSR count). The van der Waals surface area contributed by atoms with Crippen molar-refractivity contribution in [2.75, 3.05) is 0 Å². The van der Waals surface area contributed by atoms with E-state index in [0.717, 1.165) is 32.1 Å². The van der Waals surface area contributed by atoms with Crippen LogP contribution in [0.1, 0.15) is 51.9 Å². The van der Waals surface area contributed by atoms with Gasteiger partial charge in [0.05, 0.1) is 6.10 Å². The van der Waals surface area contributed by atoms with Crippen molar-refractivity contribution < 1.29 is 15.0 Å². The highest BCUT2D eigenvalue weighted by Crippen LogP contribution is 2.02. The number of carbonyl (C=O) groups is 1. The molecule has 0 saturated carbocycles. The highest BCUT2D eigenvalue weighted by atomic mass is 16.4. The van der Waals surface area contributed by atoms with Gasteiger partial charge >= 0.3 is 5.97 Å². The molecule has 0 aromatic rings. The van der Waals surface area contributed by atoms with Crippen LogP contribution < -0.4 is 0 Å². The van der Waals surface area contributed by atoms with Crippen LogP contribution in [-0.2, 0) is 4.79 Å². The SMILES string of the molecule is CC/C=C/C=C/C(O)C/C=C/C/C=C\CCCCC(=O)O. The lowest BCUT2D eigenvalue weighted by atomic mass is 10.1. The topological polar surface area (TPSA) is 57.5 Å². The van der Waals surface area contributed by atoms with Gasteiger partial charge in [-0.3, -0.25) is 4.79 Å². The molecule has 3 nitrogen and oxygen atoms in total. The second-order valence-corrected chi connectivity index (χ2v) is 4.84. The molecule has 0 amide bonds. The van der Waals surface area contributed by atoms with Gasteiger partial charge in [0.25, 0.3) is 0 Å². The summed E-state index contributed by atoms with van der Waals surface area (Å²) in [6.07, 6.45) is 20.7. The number of aliphatic hydroxyl groups excluding tert-OH is 1. The Bertz CT molecular complexity index is 365. The van der Waals surface area contributed by atoms with Gasteiger partial charge in [-0.25, -0.2) is 0 Å². The molecule has 3 heteroatoms. The fourth-order valence-electron chi connectivity index (χ4n) is 1.65. The molecule has 0 aromatic heterocycles. The predicted molar refractivity (Wildman–Crippen MR) is 88.2 cm³/mol. The molecule has 0 spiro atoms. The molecule has 1 atom stereocenters. The Balaban J connectivity index is 3.56. The molecule has 118 valence electrons. The van der Waals surface area contributed by atoms with E-state index >= 15 is 0 Å². The number of hydrogen-bond acceptors (Lipinski definition) is 2. The van der Waals surface area contributed by atoms with Gasteiger partial charge < -0.3 is 10.2 Å². The zero-order valence-electron chi connectivity index (χ0n) is 12.9. The van der Waals surface area contributed by atoms with Crippen LogP contribution in [0, 0.1) is 0 Å². The van der Waals surface area contributed by atoms with Crippen molar-refractivity contribution in [1.29, 1.82) is 0 Å². The maximum atomic E-state index is 10.3. The van der Waals surface area contributed by atoms with E-state index in [2.05, 4.69) is 19.1 Å². The summed E-state index contributed by atoms with van der Waals surface area (Å²) < 4.78 is 0. The summed E-state index contributed by atoms with van der Waals surface area (Å²) >= 11 is 0. The van der Waals surface area contributed by atoms with Crippen molar-refractivity contribution in [1.82, 2.24) is 0 Å². The lowest BCUT2D eigenvalue weighted by Gasteiger charge is -1.98. The second-order valence-electron chi connectivity index (χ2n) is 4.84. The van der Waals surface area contributed by atoms with Gasteiger partial charge in [-0.15, -0.1) is 0 Å². The zero-order valence-corrected chi connectivity index (χ0v) is 12.9. The van der Waals surface area contributed by atoms with Gasteiger partial charge in [-0.05, 0) is 38.5 Å². The van der Waals surface area contributed by atoms with Crippen molar-refractivity contribution >= 4 is 5.97 Å². The summed E-state index contributed by atoms with van der Waals surface area (Å²) in [6.45, 7) is 2.07. The first kappa shape index (κ1) is 19.4. The zero-order chi connectivity index (χ0) is 15.8. The second kappa shape index (κ2) is 14.8. The van der Waals surface area contributed by atoms with Crippen LogP contribution in [0.3, 0.4) is 0 Å². The van der Waals surface area contributed by atoms with Gasteiger partial charge in [-0.2, -0.15) is 0 Å². The quantitative estimate of drug-likeness (QED) is 0.318. The minimum Gasteiger partial charge on any atom is -0.481 e. The van der Waals surface area contributed by atoms with Gasteiger partial charge in [0, 0.05) is 6.42 Å². The number of carboxylic acid groups (broad SMARTS) is 1. The van der Waals surface area contributed by atoms with Crippen molar-refractivity contribution in [2.45, 2.75) is 58.0 Å². The molecule has 21 heavy (non-hydrogen) atoms. The average molecular weight is 292 g/mol. The van der Waals surface area contributed by atoms with Gasteiger partial charge in [0.2, 0.25) is 0 Å². The van der Waals surface area contributed by atoms with E-state index in [1.165, 1.54) is 0 Å². The van der Waals surface area contributed by atoms with Crippen LogP contribution in [0.4, 0.5) is 0 Å². The monoisotopic (exact) mass is 292 g/mol. The van der Waals surface area contributed by atoms with Gasteiger partial charge in [0.1, 0.15) is 0 Å². The number of unbranched alkanes of at least 4 members (excludes halogenated alkanes) is 2. The molecule has 1 unspecified atom stereocenters. The molecule has 0 aliphatic heterocycles. The van der Waals surface area contributed by atoms with Crippen LogP contribution in [0.15, 0.2) is 48.6 Å². The maximum absolute atomic E-state index is 10.3. The molecular formula is C18H28O3. The van der Waals surface area contributed by atoms with E-state index < -0.39 is 12.1 Å². The lowest BCUT2D eigenvalue weighted by Crippen LogP contribution is -1.98. The Morgan fingerprint density at radius 1 is 1.05 bits per heavy atom. The minimum atomic E-state index is -0.722. The third kappa shape index (κ3) is 16.3. The number of hydrogen-bond donors (Lipinski definition) is 2. The number of carboxylic acids is 1.